The van der Waals surface area contributed by atoms with Crippen LogP contribution >= 0.6 is 11.8 Å². The Labute approximate surface area is 126 Å². The number of nitrogens with zero attached hydrogens (tertiary/aromatic N) is 1. The molecule has 0 aromatic heterocycles. The fraction of sp³-hybridized carbons (Fsp3) is 0.562. The van der Waals surface area contributed by atoms with Gasteiger partial charge in [0, 0.05) is 6.54 Å². The first kappa shape index (κ1) is 16.9. The van der Waals surface area contributed by atoms with E-state index in [1.807, 2.05) is 30.0 Å². The fourth-order valence-electron chi connectivity index (χ4n) is 2.02. The minimum Gasteiger partial charge on any atom is -0.495 e. The Balaban J connectivity index is 2.21. The van der Waals surface area contributed by atoms with Crippen molar-refractivity contribution in [3.63, 3.8) is 0 Å². The molecule has 0 bridgehead atoms. The summed E-state index contributed by atoms with van der Waals surface area (Å²) in [6.07, 6.45) is 7.33. The molecular formula is C16H24N2OS. The Morgan fingerprint density at radius 1 is 1.25 bits per heavy atom. The Bertz CT molecular complexity index is 429. The topological polar surface area (TPSA) is 45.0 Å². The van der Waals surface area contributed by atoms with E-state index in [1.54, 1.807) is 7.11 Å². The van der Waals surface area contributed by atoms with Crippen molar-refractivity contribution in [2.75, 3.05) is 25.7 Å². The van der Waals surface area contributed by atoms with Crippen LogP contribution in [-0.2, 0) is 6.54 Å². The van der Waals surface area contributed by atoms with Crippen molar-refractivity contribution in [3.8, 4) is 11.8 Å². The number of ether oxygens (including phenoxy) is 1. The first-order chi connectivity index (χ1) is 9.81. The lowest BCUT2D eigenvalue weighted by molar-refractivity contribution is 0.412. The van der Waals surface area contributed by atoms with E-state index in [0.717, 1.165) is 18.7 Å². The van der Waals surface area contributed by atoms with Crippen molar-refractivity contribution in [2.45, 2.75) is 32.2 Å². The lowest BCUT2D eigenvalue weighted by Crippen LogP contribution is -2.14. The summed E-state index contributed by atoms with van der Waals surface area (Å²) < 4.78 is 5.21. The lowest BCUT2D eigenvalue weighted by atomic mass is 10.1. The number of nitriles is 1. The molecule has 1 aromatic rings. The predicted molar refractivity (Wildman–Crippen MR) is 86.3 cm³/mol. The first-order valence-electron chi connectivity index (χ1n) is 7.08. The number of hydrogen-bond acceptors (Lipinski definition) is 4. The van der Waals surface area contributed by atoms with E-state index in [9.17, 15) is 0 Å². The van der Waals surface area contributed by atoms with E-state index in [0.29, 0.717) is 11.3 Å². The molecule has 0 spiro atoms. The van der Waals surface area contributed by atoms with Gasteiger partial charge in [0.15, 0.2) is 0 Å². The smallest absolute Gasteiger partial charge is 0.136 e. The zero-order chi connectivity index (χ0) is 14.6. The molecule has 0 atom stereocenters. The van der Waals surface area contributed by atoms with Crippen LogP contribution in [0.2, 0.25) is 0 Å². The van der Waals surface area contributed by atoms with Crippen LogP contribution in [0.1, 0.15) is 36.8 Å². The largest absolute Gasteiger partial charge is 0.495 e. The second-order valence-corrected chi connectivity index (χ2v) is 5.72. The third kappa shape index (κ3) is 6.31. The van der Waals surface area contributed by atoms with Crippen LogP contribution in [0.25, 0.3) is 0 Å². The molecule has 0 aliphatic rings. The van der Waals surface area contributed by atoms with Gasteiger partial charge in [0.1, 0.15) is 11.8 Å². The third-order valence-corrected chi connectivity index (χ3v) is 3.86. The van der Waals surface area contributed by atoms with Gasteiger partial charge in [-0.2, -0.15) is 17.0 Å². The van der Waals surface area contributed by atoms with E-state index < -0.39 is 0 Å². The summed E-state index contributed by atoms with van der Waals surface area (Å²) in [5.41, 5.74) is 1.74. The quantitative estimate of drug-likeness (QED) is 0.670. The molecule has 3 nitrogen and oxygen atoms in total. The van der Waals surface area contributed by atoms with E-state index in [4.69, 9.17) is 10.00 Å². The summed E-state index contributed by atoms with van der Waals surface area (Å²) in [6.45, 7) is 1.87. The molecular weight excluding hydrogens is 268 g/mol. The highest BCUT2D eigenvalue weighted by molar-refractivity contribution is 7.98. The molecule has 1 aromatic carbocycles. The van der Waals surface area contributed by atoms with Gasteiger partial charge in [-0.1, -0.05) is 18.9 Å². The predicted octanol–water partition coefficient (Wildman–Crippen LogP) is 3.58. The van der Waals surface area contributed by atoms with Gasteiger partial charge in [-0.3, -0.25) is 0 Å². The average molecular weight is 292 g/mol. The molecule has 0 saturated heterocycles. The van der Waals surface area contributed by atoms with Gasteiger partial charge in [-0.15, -0.1) is 0 Å². The van der Waals surface area contributed by atoms with E-state index >= 15 is 0 Å². The monoisotopic (exact) mass is 292 g/mol. The van der Waals surface area contributed by atoms with Crippen molar-refractivity contribution in [1.29, 1.82) is 5.26 Å². The Morgan fingerprint density at radius 2 is 2.05 bits per heavy atom. The van der Waals surface area contributed by atoms with Crippen LogP contribution in [0.4, 0.5) is 0 Å². The van der Waals surface area contributed by atoms with Crippen LogP contribution in [0, 0.1) is 11.3 Å². The molecule has 0 unspecified atom stereocenters. The molecule has 0 amide bonds. The normalized spacial score (nSPS) is 10.2. The molecule has 0 saturated carbocycles. The molecule has 1 rings (SSSR count). The molecule has 0 radical (unpaired) electrons. The highest BCUT2D eigenvalue weighted by Crippen LogP contribution is 2.19. The van der Waals surface area contributed by atoms with Gasteiger partial charge < -0.3 is 10.1 Å². The average Bonchev–Trinajstić information content (AvgIpc) is 2.49. The van der Waals surface area contributed by atoms with E-state index in [1.165, 1.54) is 31.4 Å². The molecule has 0 heterocycles. The van der Waals surface area contributed by atoms with Crippen molar-refractivity contribution in [2.24, 2.45) is 0 Å². The molecule has 1 N–H and O–H groups in total. The zero-order valence-electron chi connectivity index (χ0n) is 12.4. The number of unbranched alkanes of at least 4 members (excludes halogenated alkanes) is 3. The summed E-state index contributed by atoms with van der Waals surface area (Å²) in [7, 11) is 1.60. The minimum atomic E-state index is 0.588. The molecule has 0 aliphatic heterocycles. The summed E-state index contributed by atoms with van der Waals surface area (Å²) in [5, 5.41) is 12.4. The number of nitrogens with one attached hydrogen (secondary N) is 1. The second kappa shape index (κ2) is 10.6. The standard InChI is InChI=1S/C16H24N2OS/c1-19-16-11-14(7-8-15(16)12-17)13-18-9-5-3-4-6-10-20-2/h7-8,11,18H,3-6,9-10,13H2,1-2H3. The molecule has 20 heavy (non-hydrogen) atoms. The van der Waals surface area contributed by atoms with E-state index in [2.05, 4.69) is 17.6 Å². The number of methoxy groups -OCH3 is 1. The number of benzene rings is 1. The highest BCUT2D eigenvalue weighted by Gasteiger charge is 2.03. The number of thioether (sulfide) groups is 1. The van der Waals surface area contributed by atoms with Gasteiger partial charge in [-0.05, 0) is 49.1 Å². The maximum Gasteiger partial charge on any atom is 0.136 e. The van der Waals surface area contributed by atoms with Crippen LogP contribution in [-0.4, -0.2) is 25.7 Å². The summed E-state index contributed by atoms with van der Waals surface area (Å²) >= 11 is 1.92. The molecule has 0 fully saturated rings. The van der Waals surface area contributed by atoms with Crippen LogP contribution < -0.4 is 10.1 Å². The van der Waals surface area contributed by atoms with E-state index in [-0.39, 0.29) is 0 Å². The third-order valence-electron chi connectivity index (χ3n) is 3.17. The summed E-state index contributed by atoms with van der Waals surface area (Å²) in [5.74, 6) is 1.93. The van der Waals surface area contributed by atoms with Crippen LogP contribution in [0.15, 0.2) is 18.2 Å². The minimum absolute atomic E-state index is 0.588. The van der Waals surface area contributed by atoms with Crippen LogP contribution in [0.3, 0.4) is 0 Å². The summed E-state index contributed by atoms with van der Waals surface area (Å²) in [4.78, 5) is 0. The Morgan fingerprint density at radius 3 is 2.75 bits per heavy atom. The van der Waals surface area contributed by atoms with Crippen LogP contribution in [0.5, 0.6) is 5.75 Å². The summed E-state index contributed by atoms with van der Waals surface area (Å²) in [6, 6.07) is 7.86. The Kier molecular flexibility index (Phi) is 8.93. The van der Waals surface area contributed by atoms with Gasteiger partial charge in [0.05, 0.1) is 12.7 Å². The maximum atomic E-state index is 8.93. The second-order valence-electron chi connectivity index (χ2n) is 4.73. The highest BCUT2D eigenvalue weighted by atomic mass is 32.2. The van der Waals surface area contributed by atoms with Gasteiger partial charge >= 0.3 is 0 Å². The van der Waals surface area contributed by atoms with Crippen molar-refractivity contribution in [3.05, 3.63) is 29.3 Å². The fourth-order valence-corrected chi connectivity index (χ4v) is 2.51. The zero-order valence-corrected chi connectivity index (χ0v) is 13.3. The van der Waals surface area contributed by atoms with Crippen molar-refractivity contribution >= 4 is 11.8 Å². The molecule has 4 heteroatoms. The SMILES string of the molecule is COc1cc(CNCCCCCCSC)ccc1C#N. The molecule has 110 valence electrons. The van der Waals surface area contributed by atoms with Gasteiger partial charge in [0.25, 0.3) is 0 Å². The maximum absolute atomic E-state index is 8.93. The number of rotatable bonds is 10. The first-order valence-corrected chi connectivity index (χ1v) is 8.48. The van der Waals surface area contributed by atoms with Gasteiger partial charge in [-0.25, -0.2) is 0 Å². The number of hydrogen-bond donors (Lipinski definition) is 1. The van der Waals surface area contributed by atoms with Crippen molar-refractivity contribution in [1.82, 2.24) is 5.32 Å². The lowest BCUT2D eigenvalue weighted by Gasteiger charge is -2.08. The van der Waals surface area contributed by atoms with Crippen molar-refractivity contribution < 1.29 is 4.74 Å². The molecule has 0 aliphatic carbocycles. The van der Waals surface area contributed by atoms with Gasteiger partial charge in [0.2, 0.25) is 0 Å². The Hall–Kier alpha value is -1.18.